The van der Waals surface area contributed by atoms with Crippen LogP contribution in [0.4, 0.5) is 0 Å². The monoisotopic (exact) mass is 158 g/mol. The molecule has 0 aliphatic rings. The second kappa shape index (κ2) is 4.49. The van der Waals surface area contributed by atoms with Gasteiger partial charge in [-0.15, -0.1) is 0 Å². The van der Waals surface area contributed by atoms with E-state index in [2.05, 4.69) is 4.74 Å². The summed E-state index contributed by atoms with van der Waals surface area (Å²) in [5.41, 5.74) is 0.0526. The Bertz CT molecular complexity index is 193. The van der Waals surface area contributed by atoms with Crippen LogP contribution in [0.15, 0.2) is 11.6 Å². The van der Waals surface area contributed by atoms with Crippen molar-refractivity contribution in [2.75, 3.05) is 7.11 Å². The summed E-state index contributed by atoms with van der Waals surface area (Å²) < 4.78 is 4.29. The molecule has 0 heterocycles. The van der Waals surface area contributed by atoms with Crippen molar-refractivity contribution < 1.29 is 19.4 Å². The van der Waals surface area contributed by atoms with Crippen LogP contribution in [0.1, 0.15) is 13.3 Å². The van der Waals surface area contributed by atoms with Crippen LogP contribution in [0.25, 0.3) is 0 Å². The third kappa shape index (κ3) is 3.40. The lowest BCUT2D eigenvalue weighted by Gasteiger charge is -1.98. The SMILES string of the molecule is C/C=C(\CC(=O)OC)C(=O)O. The Morgan fingerprint density at radius 2 is 2.09 bits per heavy atom. The number of carboxylic acids is 1. The Kier molecular flexibility index (Phi) is 3.95. The van der Waals surface area contributed by atoms with Gasteiger partial charge in [-0.05, 0) is 6.92 Å². The molecule has 0 rings (SSSR count). The minimum atomic E-state index is -1.09. The van der Waals surface area contributed by atoms with Crippen molar-refractivity contribution in [2.24, 2.45) is 0 Å². The van der Waals surface area contributed by atoms with E-state index in [0.29, 0.717) is 0 Å². The standard InChI is InChI=1S/C7H10O4/c1-3-5(7(9)10)4-6(8)11-2/h3H,4H2,1-2H3,(H,9,10)/b5-3+. The molecule has 0 saturated heterocycles. The van der Waals surface area contributed by atoms with Crippen molar-refractivity contribution >= 4 is 11.9 Å². The topological polar surface area (TPSA) is 63.6 Å². The van der Waals surface area contributed by atoms with Crippen molar-refractivity contribution in [1.82, 2.24) is 0 Å². The molecule has 0 aromatic carbocycles. The van der Waals surface area contributed by atoms with E-state index >= 15 is 0 Å². The van der Waals surface area contributed by atoms with E-state index in [1.165, 1.54) is 13.2 Å². The number of hydrogen-bond acceptors (Lipinski definition) is 3. The van der Waals surface area contributed by atoms with Gasteiger partial charge < -0.3 is 9.84 Å². The molecule has 4 heteroatoms. The van der Waals surface area contributed by atoms with Crippen molar-refractivity contribution in [2.45, 2.75) is 13.3 Å². The molecule has 11 heavy (non-hydrogen) atoms. The first kappa shape index (κ1) is 9.68. The highest BCUT2D eigenvalue weighted by atomic mass is 16.5. The summed E-state index contributed by atoms with van der Waals surface area (Å²) in [6.45, 7) is 1.56. The number of aliphatic carboxylic acids is 1. The first-order chi connectivity index (χ1) is 5.11. The summed E-state index contributed by atoms with van der Waals surface area (Å²) in [5, 5.41) is 8.44. The van der Waals surface area contributed by atoms with Gasteiger partial charge in [-0.25, -0.2) is 4.79 Å². The Labute approximate surface area is 64.5 Å². The van der Waals surface area contributed by atoms with Crippen LogP contribution < -0.4 is 0 Å². The van der Waals surface area contributed by atoms with Gasteiger partial charge in [0.05, 0.1) is 13.5 Å². The zero-order valence-electron chi connectivity index (χ0n) is 6.46. The third-order valence-corrected chi connectivity index (χ3v) is 1.19. The van der Waals surface area contributed by atoms with Crippen molar-refractivity contribution in [3.63, 3.8) is 0 Å². The van der Waals surface area contributed by atoms with Gasteiger partial charge in [0.25, 0.3) is 0 Å². The summed E-state index contributed by atoms with van der Waals surface area (Å²) in [6.07, 6.45) is 1.20. The number of methoxy groups -OCH3 is 1. The largest absolute Gasteiger partial charge is 0.478 e. The molecule has 0 amide bonds. The maximum atomic E-state index is 10.6. The minimum absolute atomic E-state index is 0.0526. The van der Waals surface area contributed by atoms with Gasteiger partial charge in [0.15, 0.2) is 0 Å². The molecule has 0 fully saturated rings. The fraction of sp³-hybridized carbons (Fsp3) is 0.429. The molecule has 0 aromatic heterocycles. The highest BCUT2D eigenvalue weighted by Crippen LogP contribution is 2.01. The summed E-state index contributed by atoms with van der Waals surface area (Å²) in [5.74, 6) is -1.63. The average Bonchev–Trinajstić information content (AvgIpc) is 1.99. The number of hydrogen-bond donors (Lipinski definition) is 1. The lowest BCUT2D eigenvalue weighted by molar-refractivity contribution is -0.142. The number of rotatable bonds is 3. The highest BCUT2D eigenvalue weighted by Gasteiger charge is 2.10. The molecule has 0 bridgehead atoms. The summed E-state index contributed by atoms with van der Waals surface area (Å²) in [7, 11) is 1.22. The van der Waals surface area contributed by atoms with Gasteiger partial charge in [-0.2, -0.15) is 0 Å². The predicted octanol–water partition coefficient (Wildman–Crippen LogP) is 0.580. The lowest BCUT2D eigenvalue weighted by Crippen LogP contribution is -2.08. The van der Waals surface area contributed by atoms with E-state index in [-0.39, 0.29) is 12.0 Å². The molecule has 62 valence electrons. The Balaban J connectivity index is 4.12. The van der Waals surface area contributed by atoms with E-state index in [0.717, 1.165) is 0 Å². The van der Waals surface area contributed by atoms with Crippen LogP contribution in [0.2, 0.25) is 0 Å². The van der Waals surface area contributed by atoms with E-state index in [4.69, 9.17) is 5.11 Å². The molecule has 1 N–H and O–H groups in total. The Morgan fingerprint density at radius 3 is 2.36 bits per heavy atom. The number of esters is 1. The van der Waals surface area contributed by atoms with Crippen LogP contribution in [-0.4, -0.2) is 24.2 Å². The molecule has 0 atom stereocenters. The lowest BCUT2D eigenvalue weighted by atomic mass is 10.2. The molecule has 0 aromatic rings. The van der Waals surface area contributed by atoms with Crippen LogP contribution in [-0.2, 0) is 14.3 Å². The van der Waals surface area contributed by atoms with E-state index in [9.17, 15) is 9.59 Å². The fourth-order valence-electron chi connectivity index (χ4n) is 0.529. The molecule has 0 aliphatic carbocycles. The van der Waals surface area contributed by atoms with Gasteiger partial charge >= 0.3 is 11.9 Å². The van der Waals surface area contributed by atoms with Crippen molar-refractivity contribution in [3.05, 3.63) is 11.6 Å². The highest BCUT2D eigenvalue weighted by molar-refractivity contribution is 5.92. The van der Waals surface area contributed by atoms with E-state index in [1.807, 2.05) is 0 Å². The van der Waals surface area contributed by atoms with Gasteiger partial charge in [0.2, 0.25) is 0 Å². The van der Waals surface area contributed by atoms with E-state index < -0.39 is 11.9 Å². The first-order valence-corrected chi connectivity index (χ1v) is 3.07. The quantitative estimate of drug-likeness (QED) is 0.482. The number of carboxylic acid groups (broad SMARTS) is 1. The van der Waals surface area contributed by atoms with Crippen LogP contribution in [0, 0.1) is 0 Å². The maximum Gasteiger partial charge on any atom is 0.331 e. The number of carbonyl (C=O) groups excluding carboxylic acids is 1. The van der Waals surface area contributed by atoms with E-state index in [1.54, 1.807) is 6.92 Å². The van der Waals surface area contributed by atoms with Gasteiger partial charge in [0.1, 0.15) is 0 Å². The predicted molar refractivity (Wildman–Crippen MR) is 38.0 cm³/mol. The fourth-order valence-corrected chi connectivity index (χ4v) is 0.529. The summed E-state index contributed by atoms with van der Waals surface area (Å²) in [6, 6.07) is 0. The smallest absolute Gasteiger partial charge is 0.331 e. The number of carbonyl (C=O) groups is 2. The third-order valence-electron chi connectivity index (χ3n) is 1.19. The van der Waals surface area contributed by atoms with Crippen molar-refractivity contribution in [1.29, 1.82) is 0 Å². The zero-order valence-corrected chi connectivity index (χ0v) is 6.46. The zero-order chi connectivity index (χ0) is 8.85. The second-order valence-electron chi connectivity index (χ2n) is 1.87. The normalized spacial score (nSPS) is 10.9. The number of allylic oxidation sites excluding steroid dienone is 1. The van der Waals surface area contributed by atoms with Gasteiger partial charge in [0, 0.05) is 5.57 Å². The molecule has 0 spiro atoms. The Morgan fingerprint density at radius 1 is 1.55 bits per heavy atom. The first-order valence-electron chi connectivity index (χ1n) is 3.07. The molecule has 0 saturated carbocycles. The minimum Gasteiger partial charge on any atom is -0.478 e. The summed E-state index contributed by atoms with van der Waals surface area (Å²) >= 11 is 0. The maximum absolute atomic E-state index is 10.6. The van der Waals surface area contributed by atoms with Gasteiger partial charge in [-0.3, -0.25) is 4.79 Å². The Hall–Kier alpha value is -1.32. The van der Waals surface area contributed by atoms with Crippen LogP contribution in [0.5, 0.6) is 0 Å². The number of ether oxygens (including phenoxy) is 1. The summed E-state index contributed by atoms with van der Waals surface area (Å²) in [4.78, 5) is 20.9. The molecule has 4 nitrogen and oxygen atoms in total. The molecule has 0 unspecified atom stereocenters. The second-order valence-corrected chi connectivity index (χ2v) is 1.87. The van der Waals surface area contributed by atoms with Gasteiger partial charge in [-0.1, -0.05) is 6.08 Å². The molecule has 0 radical (unpaired) electrons. The van der Waals surface area contributed by atoms with Crippen LogP contribution >= 0.6 is 0 Å². The molecular formula is C7H10O4. The molecule has 0 aliphatic heterocycles. The molecular weight excluding hydrogens is 148 g/mol. The average molecular weight is 158 g/mol. The van der Waals surface area contributed by atoms with Crippen molar-refractivity contribution in [3.8, 4) is 0 Å². The van der Waals surface area contributed by atoms with Crippen LogP contribution in [0.3, 0.4) is 0 Å².